The molecule has 2 aromatic carbocycles. The van der Waals surface area contributed by atoms with Crippen molar-refractivity contribution in [2.45, 2.75) is 6.54 Å². The van der Waals surface area contributed by atoms with E-state index >= 15 is 0 Å². The molecular weight excluding hydrogens is 309 g/mol. The molecule has 3 rings (SSSR count). The highest BCUT2D eigenvalue weighted by Gasteiger charge is 2.22. The fraction of sp³-hybridized carbons (Fsp3) is 0.188. The van der Waals surface area contributed by atoms with Gasteiger partial charge in [0.15, 0.2) is 11.5 Å². The first-order valence-corrected chi connectivity index (χ1v) is 7.01. The molecule has 0 spiro atoms. The Morgan fingerprint density at radius 1 is 1.32 bits per heavy atom. The van der Waals surface area contributed by atoms with Crippen LogP contribution in [0.4, 0.5) is 4.39 Å². The Morgan fingerprint density at radius 2 is 2.14 bits per heavy atom. The molecule has 2 aromatic rings. The second kappa shape index (κ2) is 5.85. The minimum atomic E-state index is -0.329. The van der Waals surface area contributed by atoms with Crippen molar-refractivity contribution in [1.82, 2.24) is 4.90 Å². The summed E-state index contributed by atoms with van der Waals surface area (Å²) in [7, 11) is 1.64. The minimum absolute atomic E-state index is 0.0891. The topological polar surface area (TPSA) is 38.8 Å². The van der Waals surface area contributed by atoms with Gasteiger partial charge in [-0.25, -0.2) is 4.39 Å². The average Bonchev–Trinajstić information content (AvgIpc) is 2.95. The van der Waals surface area contributed by atoms with Crippen LogP contribution in [0.1, 0.15) is 15.9 Å². The Kier molecular flexibility index (Phi) is 3.90. The van der Waals surface area contributed by atoms with Crippen molar-refractivity contribution in [3.05, 3.63) is 58.4 Å². The summed E-state index contributed by atoms with van der Waals surface area (Å²) in [6.07, 6.45) is 0. The largest absolute Gasteiger partial charge is 0.454 e. The molecular formula is C16H13ClFNO3. The molecule has 0 unspecified atom stereocenters. The maximum atomic E-state index is 13.2. The normalized spacial score (nSPS) is 12.3. The molecule has 0 fully saturated rings. The number of hydrogen-bond donors (Lipinski definition) is 0. The smallest absolute Gasteiger partial charge is 0.254 e. The quantitative estimate of drug-likeness (QED) is 0.868. The molecule has 114 valence electrons. The van der Waals surface area contributed by atoms with Crippen LogP contribution >= 0.6 is 11.6 Å². The van der Waals surface area contributed by atoms with Crippen LogP contribution in [0.5, 0.6) is 11.5 Å². The SMILES string of the molecule is CN(Cc1cccc(F)c1)C(=O)c1cc(Cl)c2c(c1)OCO2. The number of nitrogens with zero attached hydrogens (tertiary/aromatic N) is 1. The summed E-state index contributed by atoms with van der Waals surface area (Å²) in [5.41, 5.74) is 1.11. The molecule has 0 saturated carbocycles. The Bertz CT molecular complexity index is 735. The third kappa shape index (κ3) is 2.85. The van der Waals surface area contributed by atoms with Crippen LogP contribution in [-0.2, 0) is 6.54 Å². The van der Waals surface area contributed by atoms with Crippen molar-refractivity contribution in [2.75, 3.05) is 13.8 Å². The Hall–Kier alpha value is -2.27. The molecule has 0 atom stereocenters. The van der Waals surface area contributed by atoms with Crippen molar-refractivity contribution in [3.8, 4) is 11.5 Å². The van der Waals surface area contributed by atoms with Gasteiger partial charge in [0, 0.05) is 19.2 Å². The molecule has 1 heterocycles. The molecule has 22 heavy (non-hydrogen) atoms. The van der Waals surface area contributed by atoms with Crippen LogP contribution in [-0.4, -0.2) is 24.6 Å². The zero-order valence-corrected chi connectivity index (χ0v) is 12.6. The monoisotopic (exact) mass is 321 g/mol. The molecule has 0 aromatic heterocycles. The number of halogens is 2. The molecule has 1 aliphatic heterocycles. The second-order valence-corrected chi connectivity index (χ2v) is 5.39. The molecule has 4 nitrogen and oxygen atoms in total. The lowest BCUT2D eigenvalue weighted by atomic mass is 10.1. The van der Waals surface area contributed by atoms with Gasteiger partial charge in [0.2, 0.25) is 6.79 Å². The maximum absolute atomic E-state index is 13.2. The van der Waals surface area contributed by atoms with E-state index in [1.165, 1.54) is 17.0 Å². The van der Waals surface area contributed by atoms with Crippen molar-refractivity contribution < 1.29 is 18.7 Å². The standard InChI is InChI=1S/C16H13ClFNO3/c1-19(8-10-3-2-4-12(18)5-10)16(20)11-6-13(17)15-14(7-11)21-9-22-15/h2-7H,8-9H2,1H3. The highest BCUT2D eigenvalue weighted by molar-refractivity contribution is 6.32. The fourth-order valence-corrected chi connectivity index (χ4v) is 2.56. The van der Waals surface area contributed by atoms with Crippen LogP contribution in [0.3, 0.4) is 0 Å². The third-order valence-corrected chi connectivity index (χ3v) is 3.61. The van der Waals surface area contributed by atoms with Crippen LogP contribution in [0.15, 0.2) is 36.4 Å². The number of carbonyl (C=O) groups excluding carboxylic acids is 1. The van der Waals surface area contributed by atoms with E-state index in [4.69, 9.17) is 21.1 Å². The predicted octanol–water partition coefficient (Wildman–Crippen LogP) is 3.48. The van der Waals surface area contributed by atoms with E-state index in [9.17, 15) is 9.18 Å². The first-order valence-electron chi connectivity index (χ1n) is 6.63. The summed E-state index contributed by atoms with van der Waals surface area (Å²) < 4.78 is 23.7. The van der Waals surface area contributed by atoms with E-state index in [1.807, 2.05) is 0 Å². The number of carbonyl (C=O) groups is 1. The lowest BCUT2D eigenvalue weighted by Crippen LogP contribution is -2.26. The number of hydrogen-bond acceptors (Lipinski definition) is 3. The summed E-state index contributed by atoms with van der Waals surface area (Å²) in [6, 6.07) is 9.28. The summed E-state index contributed by atoms with van der Waals surface area (Å²) in [5.74, 6) is 0.343. The maximum Gasteiger partial charge on any atom is 0.254 e. The lowest BCUT2D eigenvalue weighted by molar-refractivity contribution is 0.0784. The molecule has 1 amide bonds. The summed E-state index contributed by atoms with van der Waals surface area (Å²) in [4.78, 5) is 14.0. The zero-order chi connectivity index (χ0) is 15.7. The Balaban J connectivity index is 1.80. The highest BCUT2D eigenvalue weighted by Crippen LogP contribution is 2.40. The van der Waals surface area contributed by atoms with Gasteiger partial charge in [-0.05, 0) is 29.8 Å². The number of amides is 1. The van der Waals surface area contributed by atoms with Gasteiger partial charge < -0.3 is 14.4 Å². The molecule has 0 aliphatic carbocycles. The zero-order valence-electron chi connectivity index (χ0n) is 11.8. The van der Waals surface area contributed by atoms with Crippen LogP contribution in [0, 0.1) is 5.82 Å². The van der Waals surface area contributed by atoms with Crippen LogP contribution in [0.25, 0.3) is 0 Å². The average molecular weight is 322 g/mol. The van der Waals surface area contributed by atoms with Crippen molar-refractivity contribution in [3.63, 3.8) is 0 Å². The van der Waals surface area contributed by atoms with E-state index in [0.29, 0.717) is 34.2 Å². The fourth-order valence-electron chi connectivity index (χ4n) is 2.29. The molecule has 6 heteroatoms. The Morgan fingerprint density at radius 3 is 2.91 bits per heavy atom. The highest BCUT2D eigenvalue weighted by atomic mass is 35.5. The number of fused-ring (bicyclic) bond motifs is 1. The van der Waals surface area contributed by atoms with Gasteiger partial charge in [-0.2, -0.15) is 0 Å². The summed E-state index contributed by atoms with van der Waals surface area (Å²) in [5, 5.41) is 0.331. The van der Waals surface area contributed by atoms with Gasteiger partial charge in [0.05, 0.1) is 5.02 Å². The van der Waals surface area contributed by atoms with Crippen molar-refractivity contribution in [1.29, 1.82) is 0 Å². The van der Waals surface area contributed by atoms with Gasteiger partial charge in [-0.15, -0.1) is 0 Å². The van der Waals surface area contributed by atoms with Crippen LogP contribution < -0.4 is 9.47 Å². The lowest BCUT2D eigenvalue weighted by Gasteiger charge is -2.18. The van der Waals surface area contributed by atoms with E-state index in [2.05, 4.69) is 0 Å². The second-order valence-electron chi connectivity index (χ2n) is 4.98. The third-order valence-electron chi connectivity index (χ3n) is 3.33. The first kappa shape index (κ1) is 14.7. The number of benzene rings is 2. The van der Waals surface area contributed by atoms with Gasteiger partial charge in [0.25, 0.3) is 5.91 Å². The van der Waals surface area contributed by atoms with Crippen molar-refractivity contribution in [2.24, 2.45) is 0 Å². The number of ether oxygens (including phenoxy) is 2. The Labute approximate surface area is 132 Å². The van der Waals surface area contributed by atoms with E-state index in [1.54, 1.807) is 31.3 Å². The molecule has 0 bridgehead atoms. The van der Waals surface area contributed by atoms with Crippen molar-refractivity contribution >= 4 is 17.5 Å². The molecule has 1 aliphatic rings. The minimum Gasteiger partial charge on any atom is -0.454 e. The van der Waals surface area contributed by atoms with E-state index in [-0.39, 0.29) is 18.5 Å². The molecule has 0 N–H and O–H groups in total. The van der Waals surface area contributed by atoms with Gasteiger partial charge in [-0.3, -0.25) is 4.79 Å². The van der Waals surface area contributed by atoms with Gasteiger partial charge >= 0.3 is 0 Å². The molecule has 0 radical (unpaired) electrons. The molecule has 0 saturated heterocycles. The van der Waals surface area contributed by atoms with Gasteiger partial charge in [0.1, 0.15) is 5.82 Å². The van der Waals surface area contributed by atoms with Crippen LogP contribution in [0.2, 0.25) is 5.02 Å². The summed E-state index contributed by atoms with van der Waals surface area (Å²) >= 11 is 6.08. The van der Waals surface area contributed by atoms with Gasteiger partial charge in [-0.1, -0.05) is 23.7 Å². The predicted molar refractivity (Wildman–Crippen MR) is 79.8 cm³/mol. The summed E-state index contributed by atoms with van der Waals surface area (Å²) in [6.45, 7) is 0.383. The first-order chi connectivity index (χ1) is 10.5. The number of rotatable bonds is 3. The van der Waals surface area contributed by atoms with E-state index < -0.39 is 0 Å². The van der Waals surface area contributed by atoms with E-state index in [0.717, 1.165) is 0 Å².